The van der Waals surface area contributed by atoms with Crippen molar-refractivity contribution in [3.8, 4) is 5.75 Å². The minimum absolute atomic E-state index is 0.0912. The summed E-state index contributed by atoms with van der Waals surface area (Å²) in [5, 5.41) is 20.4. The van der Waals surface area contributed by atoms with Gasteiger partial charge in [0, 0.05) is 12.6 Å². The molecule has 3 aromatic heterocycles. The van der Waals surface area contributed by atoms with Crippen molar-refractivity contribution in [2.24, 2.45) is 0 Å². The molecule has 0 bridgehead atoms. The van der Waals surface area contributed by atoms with Crippen LogP contribution in [0.2, 0.25) is 5.04 Å². The van der Waals surface area contributed by atoms with Gasteiger partial charge in [0.05, 0.1) is 32.2 Å². The highest BCUT2D eigenvalue weighted by Crippen LogP contribution is 2.37. The zero-order valence-corrected chi connectivity index (χ0v) is 27.8. The smallest absolute Gasteiger partial charge is 0.261 e. The summed E-state index contributed by atoms with van der Waals surface area (Å²) in [7, 11) is -1.04. The Kier molecular flexibility index (Phi) is 10.3. The molecular weight excluding hydrogens is 581 g/mol. The minimum Gasteiger partial charge on any atom is -0.495 e. The van der Waals surface area contributed by atoms with Gasteiger partial charge in [-0.2, -0.15) is 5.10 Å². The molecule has 45 heavy (non-hydrogen) atoms. The van der Waals surface area contributed by atoms with Crippen LogP contribution in [0.4, 0.5) is 5.82 Å². The van der Waals surface area contributed by atoms with E-state index in [4.69, 9.17) is 9.16 Å². The maximum Gasteiger partial charge on any atom is 0.261 e. The van der Waals surface area contributed by atoms with Crippen LogP contribution in [0.15, 0.2) is 79.0 Å². The van der Waals surface area contributed by atoms with E-state index >= 15 is 0 Å². The van der Waals surface area contributed by atoms with Crippen LogP contribution in [0.5, 0.6) is 5.75 Å². The summed E-state index contributed by atoms with van der Waals surface area (Å²) < 4.78 is 14.6. The summed E-state index contributed by atoms with van der Waals surface area (Å²) in [6, 6.07) is 25.1. The molecule has 2 N–H and O–H groups in total. The molecule has 0 unspecified atom stereocenters. The lowest BCUT2D eigenvalue weighted by atomic mass is 10.1. The topological polar surface area (TPSA) is 107 Å². The molecule has 1 atom stereocenters. The van der Waals surface area contributed by atoms with Crippen molar-refractivity contribution in [3.63, 3.8) is 0 Å². The number of hydrogen-bond acceptors (Lipinski definition) is 8. The van der Waals surface area contributed by atoms with Gasteiger partial charge in [0.2, 0.25) is 6.33 Å². The SMILES string of the molecule is CCC[C@@H](CCO[Si](c1ccccc1)(c1ccccc1)C(C)(C)C)Nc1n[c]nc2cnn(Cc3nc(CO)ccc3OC)c12. The van der Waals surface area contributed by atoms with Crippen molar-refractivity contribution in [2.75, 3.05) is 19.0 Å². The highest BCUT2D eigenvalue weighted by molar-refractivity contribution is 6.99. The Labute approximate surface area is 266 Å². The van der Waals surface area contributed by atoms with Gasteiger partial charge in [0.1, 0.15) is 22.5 Å². The van der Waals surface area contributed by atoms with Gasteiger partial charge in [-0.25, -0.2) is 15.0 Å². The van der Waals surface area contributed by atoms with Gasteiger partial charge in [-0.1, -0.05) is 94.8 Å². The van der Waals surface area contributed by atoms with Gasteiger partial charge in [-0.05, 0) is 40.4 Å². The summed E-state index contributed by atoms with van der Waals surface area (Å²) in [5.41, 5.74) is 2.68. The predicted molar refractivity (Wildman–Crippen MR) is 180 cm³/mol. The van der Waals surface area contributed by atoms with Crippen molar-refractivity contribution in [3.05, 3.63) is 96.7 Å². The average Bonchev–Trinajstić information content (AvgIpc) is 3.47. The number of aromatic nitrogens is 5. The number of fused-ring (bicyclic) bond motifs is 1. The summed E-state index contributed by atoms with van der Waals surface area (Å²) in [6.45, 7) is 9.86. The van der Waals surface area contributed by atoms with Crippen LogP contribution in [0.3, 0.4) is 0 Å². The first-order chi connectivity index (χ1) is 21.8. The van der Waals surface area contributed by atoms with Gasteiger partial charge < -0.3 is 19.6 Å². The Morgan fingerprint density at radius 3 is 2.24 bits per heavy atom. The van der Waals surface area contributed by atoms with Crippen LogP contribution >= 0.6 is 0 Å². The second kappa shape index (κ2) is 14.3. The number of nitrogens with one attached hydrogen (secondary N) is 1. The van der Waals surface area contributed by atoms with E-state index in [2.05, 4.69) is 120 Å². The maximum atomic E-state index is 9.64. The molecule has 0 saturated carbocycles. The molecule has 3 heterocycles. The van der Waals surface area contributed by atoms with Gasteiger partial charge >= 0.3 is 0 Å². The molecule has 0 amide bonds. The predicted octanol–water partition coefficient (Wildman–Crippen LogP) is 5.12. The number of pyridine rings is 1. The number of aliphatic hydroxyl groups excluding tert-OH is 1. The summed E-state index contributed by atoms with van der Waals surface area (Å²) in [5.74, 6) is 1.29. The molecule has 0 aliphatic carbocycles. The number of hydrogen-bond donors (Lipinski definition) is 2. The molecule has 2 aromatic carbocycles. The monoisotopic (exact) mass is 623 g/mol. The van der Waals surface area contributed by atoms with Gasteiger partial charge in [0.25, 0.3) is 8.32 Å². The van der Waals surface area contributed by atoms with E-state index in [1.54, 1.807) is 19.4 Å². The maximum absolute atomic E-state index is 9.64. The molecule has 235 valence electrons. The molecule has 9 nitrogen and oxygen atoms in total. The molecule has 1 radical (unpaired) electrons. The van der Waals surface area contributed by atoms with E-state index in [9.17, 15) is 5.11 Å². The molecule has 0 aliphatic rings. The quantitative estimate of drug-likeness (QED) is 0.164. The minimum atomic E-state index is -2.64. The Hall–Kier alpha value is -4.12. The van der Waals surface area contributed by atoms with Gasteiger partial charge in [-0.3, -0.25) is 4.68 Å². The van der Waals surface area contributed by atoms with E-state index in [1.807, 2.05) is 10.7 Å². The highest BCUT2D eigenvalue weighted by Gasteiger charge is 2.50. The second-order valence-corrected chi connectivity index (χ2v) is 16.6. The second-order valence-electron chi connectivity index (χ2n) is 12.2. The fourth-order valence-electron chi connectivity index (χ4n) is 6.11. The normalized spacial score (nSPS) is 12.8. The summed E-state index contributed by atoms with van der Waals surface area (Å²) in [4.78, 5) is 13.5. The molecule has 0 spiro atoms. The highest BCUT2D eigenvalue weighted by atomic mass is 28.4. The van der Waals surface area contributed by atoms with Crippen molar-refractivity contribution in [1.82, 2.24) is 24.7 Å². The Balaban J connectivity index is 1.42. The van der Waals surface area contributed by atoms with E-state index in [1.165, 1.54) is 10.4 Å². The fourth-order valence-corrected chi connectivity index (χ4v) is 10.7. The molecular formula is C35H43N6O3Si. The summed E-state index contributed by atoms with van der Waals surface area (Å²) in [6.07, 6.45) is 7.25. The largest absolute Gasteiger partial charge is 0.495 e. The standard InChI is InChI=1S/C35H43N6O3Si/c1-6-13-26(20-21-44-45(35(2,3)4,28-14-9-7-10-15-28)29-16-11-8-12-17-29)40-34-33-30(36-25-37-34)22-38-41(33)23-31-32(43-5)19-18-27(24-42)39-31/h7-12,14-19,22,26,42H,6,13,20-21,23-24H2,1-5H3,(H,36,37,40)/t26-/m0/s1. The van der Waals surface area contributed by atoms with Gasteiger partial charge in [-0.15, -0.1) is 0 Å². The number of methoxy groups -OCH3 is 1. The van der Waals surface area contributed by atoms with Crippen molar-refractivity contribution < 1.29 is 14.3 Å². The van der Waals surface area contributed by atoms with Crippen LogP contribution in [-0.2, 0) is 17.6 Å². The lowest BCUT2D eigenvalue weighted by molar-refractivity contribution is 0.276. The number of anilines is 1. The first-order valence-electron chi connectivity index (χ1n) is 15.6. The zero-order chi connectivity index (χ0) is 31.9. The Morgan fingerprint density at radius 1 is 0.956 bits per heavy atom. The van der Waals surface area contributed by atoms with E-state index in [0.29, 0.717) is 41.6 Å². The molecule has 5 aromatic rings. The molecule has 0 aliphatic heterocycles. The van der Waals surface area contributed by atoms with Crippen LogP contribution in [-0.4, -0.2) is 57.9 Å². The Bertz CT molecular complexity index is 1630. The molecule has 0 saturated heterocycles. The van der Waals surface area contributed by atoms with Crippen LogP contribution in [0.25, 0.3) is 11.0 Å². The first kappa shape index (κ1) is 32.3. The number of rotatable bonds is 14. The Morgan fingerprint density at radius 2 is 1.64 bits per heavy atom. The van der Waals surface area contributed by atoms with Crippen LogP contribution < -0.4 is 20.4 Å². The van der Waals surface area contributed by atoms with Crippen molar-refractivity contribution in [2.45, 2.75) is 71.2 Å². The van der Waals surface area contributed by atoms with Crippen molar-refractivity contribution in [1.29, 1.82) is 0 Å². The molecule has 0 fully saturated rings. The lowest BCUT2D eigenvalue weighted by Crippen LogP contribution is -2.66. The van der Waals surface area contributed by atoms with Crippen molar-refractivity contribution >= 4 is 35.5 Å². The zero-order valence-electron chi connectivity index (χ0n) is 26.8. The number of ether oxygens (including phenoxy) is 1. The van der Waals surface area contributed by atoms with Gasteiger partial charge in [0.15, 0.2) is 5.82 Å². The van der Waals surface area contributed by atoms with Crippen LogP contribution in [0, 0.1) is 6.33 Å². The molecule has 5 rings (SSSR count). The number of aliphatic hydroxyl groups is 1. The fraction of sp³-hybridized carbons (Fsp3) is 0.371. The van der Waals surface area contributed by atoms with E-state index in [-0.39, 0.29) is 17.7 Å². The lowest BCUT2D eigenvalue weighted by Gasteiger charge is -2.43. The van der Waals surface area contributed by atoms with E-state index in [0.717, 1.165) is 24.8 Å². The average molecular weight is 624 g/mol. The third kappa shape index (κ3) is 6.93. The first-order valence-corrected chi connectivity index (χ1v) is 17.5. The summed E-state index contributed by atoms with van der Waals surface area (Å²) >= 11 is 0. The third-order valence-electron chi connectivity index (χ3n) is 8.23. The van der Waals surface area contributed by atoms with Crippen LogP contribution in [0.1, 0.15) is 58.3 Å². The number of nitrogens with zero attached hydrogens (tertiary/aromatic N) is 5. The molecule has 10 heteroatoms. The third-order valence-corrected chi connectivity index (χ3v) is 13.3. The van der Waals surface area contributed by atoms with E-state index < -0.39 is 8.32 Å². The number of benzene rings is 2.